The summed E-state index contributed by atoms with van der Waals surface area (Å²) >= 11 is 0. The number of anilines is 1. The van der Waals surface area contributed by atoms with Crippen LogP contribution in [0.5, 0.6) is 0 Å². The van der Waals surface area contributed by atoms with Crippen LogP contribution in [0.3, 0.4) is 0 Å². The van der Waals surface area contributed by atoms with Crippen LogP contribution in [0, 0.1) is 13.8 Å². The number of aryl methyl sites for hydroxylation is 2. The molecule has 0 aliphatic rings. The van der Waals surface area contributed by atoms with Crippen molar-refractivity contribution in [1.29, 1.82) is 0 Å². The molecule has 0 aromatic heterocycles. The van der Waals surface area contributed by atoms with Crippen molar-refractivity contribution < 1.29 is 19.3 Å². The smallest absolute Gasteiger partial charge is 0.326 e. The lowest BCUT2D eigenvalue weighted by Crippen LogP contribution is -3.11. The van der Waals surface area contributed by atoms with Gasteiger partial charge in [0.15, 0.2) is 13.1 Å². The second kappa shape index (κ2) is 9.78. The van der Waals surface area contributed by atoms with Crippen molar-refractivity contribution in [3.8, 4) is 0 Å². The van der Waals surface area contributed by atoms with Crippen molar-refractivity contribution in [2.24, 2.45) is 0 Å². The number of nitrogens with one attached hydrogen (secondary N) is 3. The molecule has 1 aromatic rings. The molecule has 0 saturated carbocycles. The summed E-state index contributed by atoms with van der Waals surface area (Å²) in [5.41, 5.74) is 2.69. The Morgan fingerprint density at radius 1 is 1.08 bits per heavy atom. The molecule has 1 aromatic carbocycles. The lowest BCUT2D eigenvalue weighted by atomic mass is 10.1. The summed E-state index contributed by atoms with van der Waals surface area (Å²) in [5.74, 6) is -0.429. The summed E-state index contributed by atoms with van der Waals surface area (Å²) in [6, 6.07) is 5.07. The Morgan fingerprint density at radius 3 is 2.28 bits per heavy atom. The monoisotopic (exact) mass is 349 g/mol. The van der Waals surface area contributed by atoms with Gasteiger partial charge in [-0.3, -0.25) is 14.9 Å². The molecule has 1 rings (SSSR count). The van der Waals surface area contributed by atoms with Crippen molar-refractivity contribution in [2.75, 3.05) is 38.5 Å². The van der Waals surface area contributed by atoms with Gasteiger partial charge in [0.05, 0.1) is 7.05 Å². The zero-order chi connectivity index (χ0) is 19.0. The van der Waals surface area contributed by atoms with E-state index < -0.39 is 11.9 Å². The molecular weight excluding hydrogens is 320 g/mol. The number of amides is 4. The maximum atomic E-state index is 12.0. The van der Waals surface area contributed by atoms with Gasteiger partial charge >= 0.3 is 6.03 Å². The van der Waals surface area contributed by atoms with E-state index in [9.17, 15) is 14.4 Å². The number of hydrogen-bond donors (Lipinski definition) is 3. The summed E-state index contributed by atoms with van der Waals surface area (Å²) in [6.07, 6.45) is 0. The average Bonchev–Trinajstić information content (AvgIpc) is 2.50. The first-order valence-corrected chi connectivity index (χ1v) is 8.53. The predicted molar refractivity (Wildman–Crippen MR) is 97.6 cm³/mol. The third kappa shape index (κ3) is 6.93. The van der Waals surface area contributed by atoms with Gasteiger partial charge in [0.25, 0.3) is 11.8 Å². The van der Waals surface area contributed by atoms with E-state index in [1.807, 2.05) is 39.8 Å². The number of rotatable bonds is 7. The topological polar surface area (TPSA) is 83.0 Å². The minimum absolute atomic E-state index is 0.00460. The molecule has 0 fully saturated rings. The first-order chi connectivity index (χ1) is 11.8. The van der Waals surface area contributed by atoms with Crippen LogP contribution < -0.4 is 15.5 Å². The Hall–Kier alpha value is -2.41. The van der Waals surface area contributed by atoms with Crippen LogP contribution in [0.4, 0.5) is 10.5 Å². The zero-order valence-electron chi connectivity index (χ0n) is 15.7. The fraction of sp³-hybridized carbons (Fsp3) is 0.500. The summed E-state index contributed by atoms with van der Waals surface area (Å²) in [5, 5.41) is 4.96. The maximum Gasteiger partial charge on any atom is 0.326 e. The van der Waals surface area contributed by atoms with Crippen LogP contribution in [0.1, 0.15) is 25.0 Å². The quantitative estimate of drug-likeness (QED) is 0.664. The molecule has 0 aliphatic carbocycles. The third-order valence-electron chi connectivity index (χ3n) is 3.91. The Bertz CT molecular complexity index is 627. The first-order valence-electron chi connectivity index (χ1n) is 8.53. The fourth-order valence-electron chi connectivity index (χ4n) is 2.56. The van der Waals surface area contributed by atoms with Crippen molar-refractivity contribution in [3.05, 3.63) is 29.3 Å². The van der Waals surface area contributed by atoms with Crippen LogP contribution >= 0.6 is 0 Å². The van der Waals surface area contributed by atoms with Gasteiger partial charge in [-0.1, -0.05) is 17.7 Å². The van der Waals surface area contributed by atoms with Gasteiger partial charge in [-0.05, 0) is 39.3 Å². The summed E-state index contributed by atoms with van der Waals surface area (Å²) in [7, 11) is 1.75. The summed E-state index contributed by atoms with van der Waals surface area (Å²) < 4.78 is 0. The van der Waals surface area contributed by atoms with E-state index in [0.29, 0.717) is 18.8 Å². The Labute approximate surface area is 149 Å². The molecule has 0 saturated heterocycles. The van der Waals surface area contributed by atoms with Crippen molar-refractivity contribution in [2.45, 2.75) is 27.7 Å². The SMILES string of the molecule is CCN(CC)C(=O)C[NH+](C)CC(=O)NC(=O)Nc1ccc(C)cc1C. The number of likely N-dealkylation sites (N-methyl/N-ethyl adjacent to an activating group) is 2. The Balaban J connectivity index is 2.47. The van der Waals surface area contributed by atoms with Crippen molar-refractivity contribution >= 4 is 23.5 Å². The van der Waals surface area contributed by atoms with E-state index in [-0.39, 0.29) is 19.0 Å². The highest BCUT2D eigenvalue weighted by Crippen LogP contribution is 2.15. The van der Waals surface area contributed by atoms with E-state index in [1.165, 1.54) is 0 Å². The number of nitrogens with zero attached hydrogens (tertiary/aromatic N) is 1. The normalized spacial score (nSPS) is 11.6. The standard InChI is InChI=1S/C18H28N4O3/c1-6-22(7-2)17(24)12-21(5)11-16(23)20-18(25)19-15-9-8-13(3)10-14(15)4/h8-10H,6-7,11-12H2,1-5H3,(H2,19,20,23,25)/p+1. The van der Waals surface area contributed by atoms with Gasteiger partial charge in [-0.15, -0.1) is 0 Å². The number of imide groups is 1. The molecule has 138 valence electrons. The van der Waals surface area contributed by atoms with Gasteiger partial charge in [0, 0.05) is 18.8 Å². The largest absolute Gasteiger partial charge is 0.338 e. The highest BCUT2D eigenvalue weighted by atomic mass is 16.2. The Morgan fingerprint density at radius 2 is 1.72 bits per heavy atom. The van der Waals surface area contributed by atoms with Gasteiger partial charge in [0.1, 0.15) is 0 Å². The molecule has 25 heavy (non-hydrogen) atoms. The number of benzene rings is 1. The predicted octanol–water partition coefficient (Wildman–Crippen LogP) is 0.335. The lowest BCUT2D eigenvalue weighted by molar-refractivity contribution is -0.862. The summed E-state index contributed by atoms with van der Waals surface area (Å²) in [6.45, 7) is 9.25. The molecule has 0 bridgehead atoms. The second-order valence-corrected chi connectivity index (χ2v) is 6.20. The van der Waals surface area contributed by atoms with Crippen LogP contribution in [-0.2, 0) is 9.59 Å². The minimum Gasteiger partial charge on any atom is -0.338 e. The molecule has 1 atom stereocenters. The fourth-order valence-corrected chi connectivity index (χ4v) is 2.56. The molecule has 3 N–H and O–H groups in total. The Kier molecular flexibility index (Phi) is 8.07. The number of hydrogen-bond acceptors (Lipinski definition) is 3. The number of carbonyl (C=O) groups is 3. The molecule has 0 radical (unpaired) electrons. The van der Waals surface area contributed by atoms with Crippen LogP contribution in [0.15, 0.2) is 18.2 Å². The maximum absolute atomic E-state index is 12.0. The van der Waals surface area contributed by atoms with Gasteiger partial charge in [0.2, 0.25) is 0 Å². The average molecular weight is 349 g/mol. The van der Waals surface area contributed by atoms with Gasteiger partial charge in [-0.25, -0.2) is 4.79 Å². The van der Waals surface area contributed by atoms with Crippen molar-refractivity contribution in [1.82, 2.24) is 10.2 Å². The van der Waals surface area contributed by atoms with Crippen LogP contribution in [0.2, 0.25) is 0 Å². The van der Waals surface area contributed by atoms with Crippen molar-refractivity contribution in [3.63, 3.8) is 0 Å². The number of carbonyl (C=O) groups excluding carboxylic acids is 3. The molecule has 7 heteroatoms. The molecular formula is C18H29N4O3+. The van der Waals surface area contributed by atoms with Gasteiger partial charge < -0.3 is 15.1 Å². The van der Waals surface area contributed by atoms with Crippen LogP contribution in [0.25, 0.3) is 0 Å². The van der Waals surface area contributed by atoms with E-state index in [0.717, 1.165) is 16.0 Å². The molecule has 0 spiro atoms. The highest BCUT2D eigenvalue weighted by molar-refractivity contribution is 6.01. The lowest BCUT2D eigenvalue weighted by Gasteiger charge is -2.20. The van der Waals surface area contributed by atoms with E-state index >= 15 is 0 Å². The second-order valence-electron chi connectivity index (χ2n) is 6.20. The highest BCUT2D eigenvalue weighted by Gasteiger charge is 2.19. The summed E-state index contributed by atoms with van der Waals surface area (Å²) in [4.78, 5) is 38.4. The van der Waals surface area contributed by atoms with E-state index in [1.54, 1.807) is 18.0 Å². The van der Waals surface area contributed by atoms with E-state index in [4.69, 9.17) is 0 Å². The van der Waals surface area contributed by atoms with Gasteiger partial charge in [-0.2, -0.15) is 0 Å². The molecule has 7 nitrogen and oxygen atoms in total. The van der Waals surface area contributed by atoms with Crippen LogP contribution in [-0.4, -0.2) is 56.0 Å². The zero-order valence-corrected chi connectivity index (χ0v) is 15.7. The first kappa shape index (κ1) is 20.6. The molecule has 4 amide bonds. The number of urea groups is 1. The number of quaternary nitrogens is 1. The molecule has 1 unspecified atom stereocenters. The third-order valence-corrected chi connectivity index (χ3v) is 3.91. The van der Waals surface area contributed by atoms with E-state index in [2.05, 4.69) is 10.6 Å². The minimum atomic E-state index is -0.570. The molecule has 0 heterocycles. The molecule has 0 aliphatic heterocycles.